The molecule has 0 saturated heterocycles. The van der Waals surface area contributed by atoms with Crippen LogP contribution in [0, 0.1) is 0 Å². The average molecular weight is 322 g/mol. The standard InChI is InChI=1S/C18H24ClNS/c1-4-15-9-10-16(21-15)11-14(12-20-13(2)3)17-7-5-6-8-18(17)19/h5-10,13-14,20H,4,11-12H2,1-3H3. The molecule has 1 N–H and O–H groups in total. The molecule has 1 nitrogen and oxygen atoms in total. The Bertz CT molecular complexity index is 562. The Morgan fingerprint density at radius 2 is 1.81 bits per heavy atom. The van der Waals surface area contributed by atoms with Crippen molar-refractivity contribution in [3.63, 3.8) is 0 Å². The van der Waals surface area contributed by atoms with E-state index in [1.165, 1.54) is 15.3 Å². The fourth-order valence-corrected chi connectivity index (χ4v) is 3.77. The molecule has 1 aromatic heterocycles. The van der Waals surface area contributed by atoms with Crippen LogP contribution in [0.2, 0.25) is 5.02 Å². The second-order valence-corrected chi connectivity index (χ2v) is 7.37. The number of hydrogen-bond donors (Lipinski definition) is 1. The number of rotatable bonds is 7. The Balaban J connectivity index is 2.17. The van der Waals surface area contributed by atoms with Crippen molar-refractivity contribution in [3.05, 3.63) is 56.7 Å². The van der Waals surface area contributed by atoms with Crippen LogP contribution in [-0.2, 0) is 12.8 Å². The molecule has 0 aliphatic heterocycles. The van der Waals surface area contributed by atoms with E-state index in [0.29, 0.717) is 12.0 Å². The van der Waals surface area contributed by atoms with Gasteiger partial charge in [0.25, 0.3) is 0 Å². The summed E-state index contributed by atoms with van der Waals surface area (Å²) >= 11 is 8.33. The molecule has 3 heteroatoms. The van der Waals surface area contributed by atoms with E-state index in [0.717, 1.165) is 24.4 Å². The maximum Gasteiger partial charge on any atom is 0.0441 e. The fraction of sp³-hybridized carbons (Fsp3) is 0.444. The fourth-order valence-electron chi connectivity index (χ4n) is 2.44. The van der Waals surface area contributed by atoms with E-state index in [4.69, 9.17) is 11.6 Å². The molecule has 2 aromatic rings. The number of aryl methyl sites for hydroxylation is 1. The van der Waals surface area contributed by atoms with Crippen molar-refractivity contribution in [2.24, 2.45) is 0 Å². The van der Waals surface area contributed by atoms with E-state index in [2.05, 4.69) is 50.4 Å². The highest BCUT2D eigenvalue weighted by Gasteiger charge is 2.16. The van der Waals surface area contributed by atoms with Gasteiger partial charge in [0.05, 0.1) is 0 Å². The van der Waals surface area contributed by atoms with E-state index < -0.39 is 0 Å². The lowest BCUT2D eigenvalue weighted by atomic mass is 9.94. The zero-order valence-corrected chi connectivity index (χ0v) is 14.6. The molecule has 1 aromatic carbocycles. The lowest BCUT2D eigenvalue weighted by Crippen LogP contribution is -2.29. The van der Waals surface area contributed by atoms with Crippen molar-refractivity contribution in [3.8, 4) is 0 Å². The summed E-state index contributed by atoms with van der Waals surface area (Å²) in [5, 5.41) is 4.43. The smallest absolute Gasteiger partial charge is 0.0441 e. The molecule has 114 valence electrons. The summed E-state index contributed by atoms with van der Waals surface area (Å²) in [6.07, 6.45) is 2.17. The summed E-state index contributed by atoms with van der Waals surface area (Å²) in [5.74, 6) is 0.421. The monoisotopic (exact) mass is 321 g/mol. The lowest BCUT2D eigenvalue weighted by molar-refractivity contribution is 0.528. The van der Waals surface area contributed by atoms with Gasteiger partial charge in [0.2, 0.25) is 0 Å². The highest BCUT2D eigenvalue weighted by atomic mass is 35.5. The van der Waals surface area contributed by atoms with E-state index in [-0.39, 0.29) is 0 Å². The first kappa shape index (κ1) is 16.5. The van der Waals surface area contributed by atoms with Gasteiger partial charge in [-0.15, -0.1) is 11.3 Å². The predicted octanol–water partition coefficient (Wildman–Crippen LogP) is 5.29. The molecule has 0 amide bonds. The molecule has 0 aliphatic carbocycles. The maximum atomic E-state index is 6.41. The Kier molecular flexibility index (Phi) is 6.28. The number of halogens is 1. The minimum Gasteiger partial charge on any atom is -0.314 e. The Morgan fingerprint density at radius 3 is 2.43 bits per heavy atom. The SMILES string of the molecule is CCc1ccc(CC(CNC(C)C)c2ccccc2Cl)s1. The van der Waals surface area contributed by atoms with E-state index >= 15 is 0 Å². The van der Waals surface area contributed by atoms with Gasteiger partial charge in [-0.2, -0.15) is 0 Å². The summed E-state index contributed by atoms with van der Waals surface area (Å²) in [5.41, 5.74) is 1.25. The minimum atomic E-state index is 0.421. The predicted molar refractivity (Wildman–Crippen MR) is 94.7 cm³/mol. The van der Waals surface area contributed by atoms with Crippen LogP contribution in [0.25, 0.3) is 0 Å². The van der Waals surface area contributed by atoms with Crippen molar-refractivity contribution < 1.29 is 0 Å². The molecule has 0 bridgehead atoms. The van der Waals surface area contributed by atoms with E-state index in [9.17, 15) is 0 Å². The Morgan fingerprint density at radius 1 is 1.10 bits per heavy atom. The molecular weight excluding hydrogens is 298 g/mol. The molecule has 0 spiro atoms. The first-order chi connectivity index (χ1) is 10.1. The summed E-state index contributed by atoms with van der Waals surface area (Å²) < 4.78 is 0. The molecule has 1 atom stereocenters. The van der Waals surface area contributed by atoms with Crippen LogP contribution < -0.4 is 5.32 Å². The van der Waals surface area contributed by atoms with Crippen LogP contribution in [0.15, 0.2) is 36.4 Å². The van der Waals surface area contributed by atoms with Crippen LogP contribution in [0.4, 0.5) is 0 Å². The molecule has 0 saturated carbocycles. The Hall–Kier alpha value is -0.830. The second-order valence-electron chi connectivity index (χ2n) is 5.71. The largest absolute Gasteiger partial charge is 0.314 e. The quantitative estimate of drug-likeness (QED) is 0.730. The van der Waals surface area contributed by atoms with Gasteiger partial charge in [0, 0.05) is 33.3 Å². The van der Waals surface area contributed by atoms with Gasteiger partial charge in [0.15, 0.2) is 0 Å². The number of hydrogen-bond acceptors (Lipinski definition) is 2. The van der Waals surface area contributed by atoms with Gasteiger partial charge in [-0.25, -0.2) is 0 Å². The Labute approximate surface area is 137 Å². The van der Waals surface area contributed by atoms with Gasteiger partial charge in [0.1, 0.15) is 0 Å². The topological polar surface area (TPSA) is 12.0 Å². The number of thiophene rings is 1. The average Bonchev–Trinajstić information content (AvgIpc) is 2.92. The van der Waals surface area contributed by atoms with Gasteiger partial charge < -0.3 is 5.32 Å². The summed E-state index contributed by atoms with van der Waals surface area (Å²) in [4.78, 5) is 2.90. The van der Waals surface area contributed by atoms with Crippen LogP contribution in [0.1, 0.15) is 42.0 Å². The van der Waals surface area contributed by atoms with Crippen molar-refractivity contribution >= 4 is 22.9 Å². The zero-order chi connectivity index (χ0) is 15.2. The summed E-state index contributed by atoms with van der Waals surface area (Å²) in [6, 6.07) is 13.2. The van der Waals surface area contributed by atoms with Gasteiger partial charge in [-0.05, 0) is 36.6 Å². The summed E-state index contributed by atoms with van der Waals surface area (Å²) in [7, 11) is 0. The van der Waals surface area contributed by atoms with Gasteiger partial charge in [-0.1, -0.05) is 50.6 Å². The van der Waals surface area contributed by atoms with Crippen LogP contribution >= 0.6 is 22.9 Å². The van der Waals surface area contributed by atoms with Crippen LogP contribution in [0.3, 0.4) is 0 Å². The normalized spacial score (nSPS) is 12.8. The molecule has 0 radical (unpaired) electrons. The first-order valence-corrected chi connectivity index (χ1v) is 8.85. The molecular formula is C18H24ClNS. The van der Waals surface area contributed by atoms with Crippen molar-refractivity contribution in [2.45, 2.75) is 45.6 Å². The molecule has 21 heavy (non-hydrogen) atoms. The van der Waals surface area contributed by atoms with Gasteiger partial charge >= 0.3 is 0 Å². The number of benzene rings is 1. The first-order valence-electron chi connectivity index (χ1n) is 7.65. The molecule has 0 aliphatic rings. The lowest BCUT2D eigenvalue weighted by Gasteiger charge is -2.20. The van der Waals surface area contributed by atoms with Crippen LogP contribution in [-0.4, -0.2) is 12.6 Å². The minimum absolute atomic E-state index is 0.421. The molecule has 1 unspecified atom stereocenters. The van der Waals surface area contributed by atoms with Crippen molar-refractivity contribution in [1.82, 2.24) is 5.32 Å². The highest BCUT2D eigenvalue weighted by Crippen LogP contribution is 2.29. The van der Waals surface area contributed by atoms with Crippen molar-refractivity contribution in [2.75, 3.05) is 6.54 Å². The summed E-state index contributed by atoms with van der Waals surface area (Å²) in [6.45, 7) is 7.54. The molecule has 2 rings (SSSR count). The van der Waals surface area contributed by atoms with E-state index in [1.54, 1.807) is 0 Å². The second kappa shape index (κ2) is 7.98. The molecule has 0 fully saturated rings. The number of nitrogens with one attached hydrogen (secondary N) is 1. The highest BCUT2D eigenvalue weighted by molar-refractivity contribution is 7.11. The van der Waals surface area contributed by atoms with Crippen molar-refractivity contribution in [1.29, 1.82) is 0 Å². The van der Waals surface area contributed by atoms with Gasteiger partial charge in [-0.3, -0.25) is 0 Å². The molecule has 1 heterocycles. The third-order valence-corrected chi connectivity index (χ3v) is 5.23. The third-order valence-electron chi connectivity index (χ3n) is 3.63. The third kappa shape index (κ3) is 4.84. The van der Waals surface area contributed by atoms with E-state index in [1.807, 2.05) is 23.5 Å². The zero-order valence-electron chi connectivity index (χ0n) is 13.0. The van der Waals surface area contributed by atoms with Crippen LogP contribution in [0.5, 0.6) is 0 Å². The maximum absolute atomic E-state index is 6.41.